The highest BCUT2D eigenvalue weighted by Crippen LogP contribution is 2.47. The molecule has 2 aromatic carbocycles. The van der Waals surface area contributed by atoms with E-state index in [2.05, 4.69) is 34.9 Å². The lowest BCUT2D eigenvalue weighted by Crippen LogP contribution is -2.35. The molecule has 0 aromatic heterocycles. The van der Waals surface area contributed by atoms with Gasteiger partial charge in [0.15, 0.2) is 0 Å². The first-order valence-corrected chi connectivity index (χ1v) is 7.77. The first-order valence-electron chi connectivity index (χ1n) is 7.77. The van der Waals surface area contributed by atoms with Crippen molar-refractivity contribution in [2.45, 2.75) is 32.1 Å². The normalized spacial score (nSPS) is 15.2. The second-order valence-corrected chi connectivity index (χ2v) is 6.22. The minimum atomic E-state index is -0.125. The molecule has 0 heterocycles. The fraction of sp³-hybridized carbons (Fsp3) is 0.316. The Morgan fingerprint density at radius 3 is 2.23 bits per heavy atom. The van der Waals surface area contributed by atoms with Gasteiger partial charge in [-0.25, -0.2) is 4.79 Å². The first kappa shape index (κ1) is 14.6. The van der Waals surface area contributed by atoms with Gasteiger partial charge in [0.1, 0.15) is 0 Å². The van der Waals surface area contributed by atoms with Gasteiger partial charge < -0.3 is 10.6 Å². The molecule has 1 fully saturated rings. The van der Waals surface area contributed by atoms with Crippen LogP contribution in [-0.4, -0.2) is 12.6 Å². The number of rotatable bonds is 4. The molecule has 2 N–H and O–H groups in total. The average molecular weight is 294 g/mol. The zero-order chi connectivity index (χ0) is 15.6. The van der Waals surface area contributed by atoms with Gasteiger partial charge in [-0.1, -0.05) is 48.5 Å². The van der Waals surface area contributed by atoms with Gasteiger partial charge in [-0.2, -0.15) is 0 Å². The largest absolute Gasteiger partial charge is 0.337 e. The summed E-state index contributed by atoms with van der Waals surface area (Å²) in [5.74, 6) is 0. The van der Waals surface area contributed by atoms with Crippen LogP contribution in [0.5, 0.6) is 0 Å². The summed E-state index contributed by atoms with van der Waals surface area (Å²) >= 11 is 0. The second-order valence-electron chi connectivity index (χ2n) is 6.22. The molecular formula is C19H22N2O. The number of para-hydroxylation sites is 1. The number of hydrogen-bond acceptors (Lipinski definition) is 1. The Labute approximate surface area is 131 Å². The molecule has 0 radical (unpaired) electrons. The lowest BCUT2D eigenvalue weighted by molar-refractivity contribution is 0.251. The molecule has 1 saturated carbocycles. The molecule has 1 aliphatic rings. The molecule has 0 bridgehead atoms. The molecule has 0 saturated heterocycles. The van der Waals surface area contributed by atoms with Gasteiger partial charge in [0.25, 0.3) is 0 Å². The van der Waals surface area contributed by atoms with E-state index in [1.165, 1.54) is 5.56 Å². The number of anilines is 1. The molecule has 3 rings (SSSR count). The van der Waals surface area contributed by atoms with Crippen LogP contribution in [0.4, 0.5) is 10.5 Å². The smallest absolute Gasteiger partial charge is 0.319 e. The van der Waals surface area contributed by atoms with Crippen LogP contribution in [0.15, 0.2) is 48.5 Å². The molecule has 3 nitrogen and oxygen atoms in total. The summed E-state index contributed by atoms with van der Waals surface area (Å²) in [6.07, 6.45) is 2.28. The fourth-order valence-electron chi connectivity index (χ4n) is 2.93. The van der Waals surface area contributed by atoms with E-state index in [0.717, 1.165) is 29.7 Å². The summed E-state index contributed by atoms with van der Waals surface area (Å²) in [4.78, 5) is 12.2. The second kappa shape index (κ2) is 5.84. The highest BCUT2D eigenvalue weighted by Gasteiger charge is 2.44. The number of benzene rings is 2. The Kier molecular flexibility index (Phi) is 3.88. The van der Waals surface area contributed by atoms with Crippen molar-refractivity contribution in [2.24, 2.45) is 0 Å². The average Bonchev–Trinajstić information content (AvgIpc) is 3.31. The van der Waals surface area contributed by atoms with Crippen molar-refractivity contribution >= 4 is 11.7 Å². The maximum absolute atomic E-state index is 12.2. The number of hydrogen-bond donors (Lipinski definition) is 2. The molecule has 0 atom stereocenters. The van der Waals surface area contributed by atoms with E-state index in [1.807, 2.05) is 38.1 Å². The van der Waals surface area contributed by atoms with Crippen LogP contribution < -0.4 is 10.6 Å². The summed E-state index contributed by atoms with van der Waals surface area (Å²) in [5, 5.41) is 6.02. The van der Waals surface area contributed by atoms with E-state index >= 15 is 0 Å². The van der Waals surface area contributed by atoms with Crippen molar-refractivity contribution in [3.63, 3.8) is 0 Å². The Morgan fingerprint density at radius 2 is 1.64 bits per heavy atom. The Balaban J connectivity index is 1.62. The standard InChI is InChI=1S/C19H22N2O/c1-14-7-6-8-15(2)17(14)21-18(22)20-13-19(11-12-19)16-9-4-3-5-10-16/h3-10H,11-13H2,1-2H3,(H2,20,21,22). The van der Waals surface area contributed by atoms with Gasteiger partial charge >= 0.3 is 6.03 Å². The third-order valence-corrected chi connectivity index (χ3v) is 4.55. The molecule has 0 spiro atoms. The van der Waals surface area contributed by atoms with E-state index in [9.17, 15) is 4.79 Å². The minimum Gasteiger partial charge on any atom is -0.337 e. The molecule has 2 aromatic rings. The summed E-state index contributed by atoms with van der Waals surface area (Å²) in [6, 6.07) is 16.3. The van der Waals surface area contributed by atoms with Crippen molar-refractivity contribution in [1.29, 1.82) is 0 Å². The van der Waals surface area contributed by atoms with Crippen LogP contribution in [-0.2, 0) is 5.41 Å². The van der Waals surface area contributed by atoms with Gasteiger partial charge in [0, 0.05) is 17.6 Å². The number of carbonyl (C=O) groups excluding carboxylic acids is 1. The number of aryl methyl sites for hydroxylation is 2. The maximum atomic E-state index is 12.2. The van der Waals surface area contributed by atoms with Gasteiger partial charge in [0.05, 0.1) is 0 Å². The zero-order valence-corrected chi connectivity index (χ0v) is 13.1. The quantitative estimate of drug-likeness (QED) is 0.873. The fourth-order valence-corrected chi connectivity index (χ4v) is 2.93. The Hall–Kier alpha value is -2.29. The topological polar surface area (TPSA) is 41.1 Å². The molecular weight excluding hydrogens is 272 g/mol. The van der Waals surface area contributed by atoms with Gasteiger partial charge in [-0.15, -0.1) is 0 Å². The van der Waals surface area contributed by atoms with Crippen molar-refractivity contribution in [3.05, 3.63) is 65.2 Å². The highest BCUT2D eigenvalue weighted by molar-refractivity contribution is 5.91. The summed E-state index contributed by atoms with van der Waals surface area (Å²) in [5.41, 5.74) is 4.53. The third-order valence-electron chi connectivity index (χ3n) is 4.55. The van der Waals surface area contributed by atoms with Crippen LogP contribution >= 0.6 is 0 Å². The molecule has 22 heavy (non-hydrogen) atoms. The number of carbonyl (C=O) groups is 1. The third kappa shape index (κ3) is 2.98. The summed E-state index contributed by atoms with van der Waals surface area (Å²) in [6.45, 7) is 4.71. The van der Waals surface area contributed by atoms with E-state index < -0.39 is 0 Å². The van der Waals surface area contributed by atoms with Crippen LogP contribution in [0.2, 0.25) is 0 Å². The van der Waals surface area contributed by atoms with Crippen LogP contribution in [0.25, 0.3) is 0 Å². The van der Waals surface area contributed by atoms with Crippen molar-refractivity contribution in [2.75, 3.05) is 11.9 Å². The minimum absolute atomic E-state index is 0.125. The van der Waals surface area contributed by atoms with Crippen LogP contribution in [0.3, 0.4) is 0 Å². The lowest BCUT2D eigenvalue weighted by Gasteiger charge is -2.18. The first-order chi connectivity index (χ1) is 10.6. The molecule has 0 aliphatic heterocycles. The summed E-state index contributed by atoms with van der Waals surface area (Å²) < 4.78 is 0. The lowest BCUT2D eigenvalue weighted by atomic mass is 9.96. The predicted octanol–water partition coefficient (Wildman–Crippen LogP) is 4.16. The number of amides is 2. The Bertz CT molecular complexity index is 655. The Morgan fingerprint density at radius 1 is 1.00 bits per heavy atom. The van der Waals surface area contributed by atoms with E-state index in [0.29, 0.717) is 6.54 Å². The molecule has 114 valence electrons. The summed E-state index contributed by atoms with van der Waals surface area (Å²) in [7, 11) is 0. The molecule has 3 heteroatoms. The predicted molar refractivity (Wildman–Crippen MR) is 90.3 cm³/mol. The zero-order valence-electron chi connectivity index (χ0n) is 13.1. The van der Waals surface area contributed by atoms with Crippen molar-refractivity contribution < 1.29 is 4.79 Å². The molecule has 1 aliphatic carbocycles. The molecule has 2 amide bonds. The highest BCUT2D eigenvalue weighted by atomic mass is 16.2. The number of urea groups is 1. The van der Waals surface area contributed by atoms with Gasteiger partial charge in [-0.05, 0) is 43.4 Å². The van der Waals surface area contributed by atoms with Gasteiger partial charge in [0.2, 0.25) is 0 Å². The van der Waals surface area contributed by atoms with E-state index in [1.54, 1.807) is 0 Å². The van der Waals surface area contributed by atoms with E-state index in [4.69, 9.17) is 0 Å². The maximum Gasteiger partial charge on any atom is 0.319 e. The SMILES string of the molecule is Cc1cccc(C)c1NC(=O)NCC1(c2ccccc2)CC1. The van der Waals surface area contributed by atoms with Crippen molar-refractivity contribution in [3.8, 4) is 0 Å². The van der Waals surface area contributed by atoms with E-state index in [-0.39, 0.29) is 11.4 Å². The van der Waals surface area contributed by atoms with Gasteiger partial charge in [-0.3, -0.25) is 0 Å². The van der Waals surface area contributed by atoms with Crippen LogP contribution in [0, 0.1) is 13.8 Å². The number of nitrogens with one attached hydrogen (secondary N) is 2. The van der Waals surface area contributed by atoms with Crippen LogP contribution in [0.1, 0.15) is 29.5 Å². The monoisotopic (exact) mass is 294 g/mol. The molecule has 0 unspecified atom stereocenters. The van der Waals surface area contributed by atoms with Crippen molar-refractivity contribution in [1.82, 2.24) is 5.32 Å².